The van der Waals surface area contributed by atoms with Crippen LogP contribution in [0, 0.1) is 11.8 Å². The van der Waals surface area contributed by atoms with Gasteiger partial charge in [-0.25, -0.2) is 9.97 Å². The summed E-state index contributed by atoms with van der Waals surface area (Å²) >= 11 is 6.41. The molecule has 0 aliphatic rings. The molecule has 1 aromatic rings. The SMILES string of the molecule is BrCC#Cc1ncc(Br)cn1. The maximum Gasteiger partial charge on any atom is 0.204 e. The standard InChI is InChI=1S/C7H4Br2N2/c8-3-1-2-7-10-4-6(9)5-11-7/h4-5H,3H2. The molecule has 2 nitrogen and oxygen atoms in total. The molecule has 0 bridgehead atoms. The van der Waals surface area contributed by atoms with Crippen molar-refractivity contribution in [2.75, 3.05) is 5.33 Å². The van der Waals surface area contributed by atoms with Crippen molar-refractivity contribution < 1.29 is 0 Å². The summed E-state index contributed by atoms with van der Waals surface area (Å²) in [6.07, 6.45) is 3.34. The third-order valence-corrected chi connectivity index (χ3v) is 1.58. The predicted octanol–water partition coefficient (Wildman–Crippen LogP) is 1.99. The topological polar surface area (TPSA) is 25.8 Å². The van der Waals surface area contributed by atoms with Crippen LogP contribution in [0.1, 0.15) is 5.82 Å². The first-order chi connectivity index (χ1) is 5.33. The number of hydrogen-bond donors (Lipinski definition) is 0. The Balaban J connectivity index is 2.82. The largest absolute Gasteiger partial charge is 0.228 e. The van der Waals surface area contributed by atoms with Crippen LogP contribution in [0.15, 0.2) is 16.9 Å². The van der Waals surface area contributed by atoms with E-state index >= 15 is 0 Å². The lowest BCUT2D eigenvalue weighted by atomic mass is 10.5. The van der Waals surface area contributed by atoms with E-state index in [1.807, 2.05) is 0 Å². The Labute approximate surface area is 81.7 Å². The monoisotopic (exact) mass is 274 g/mol. The van der Waals surface area contributed by atoms with E-state index in [0.717, 1.165) is 4.47 Å². The van der Waals surface area contributed by atoms with Crippen LogP contribution in [0.3, 0.4) is 0 Å². The van der Waals surface area contributed by atoms with Gasteiger partial charge in [0.05, 0.1) is 9.80 Å². The van der Waals surface area contributed by atoms with Gasteiger partial charge in [-0.05, 0) is 21.9 Å². The summed E-state index contributed by atoms with van der Waals surface area (Å²) in [7, 11) is 0. The van der Waals surface area contributed by atoms with Crippen LogP contribution >= 0.6 is 31.9 Å². The van der Waals surface area contributed by atoms with Crippen LogP contribution in [-0.2, 0) is 0 Å². The van der Waals surface area contributed by atoms with Crippen LogP contribution in [0.2, 0.25) is 0 Å². The normalized spacial score (nSPS) is 8.55. The lowest BCUT2D eigenvalue weighted by Crippen LogP contribution is -1.86. The molecule has 56 valence electrons. The summed E-state index contributed by atoms with van der Waals surface area (Å²) < 4.78 is 0.863. The van der Waals surface area contributed by atoms with Crippen molar-refractivity contribution in [2.24, 2.45) is 0 Å². The molecule has 0 radical (unpaired) electrons. The van der Waals surface area contributed by atoms with Gasteiger partial charge >= 0.3 is 0 Å². The molecule has 0 unspecified atom stereocenters. The molecule has 11 heavy (non-hydrogen) atoms. The molecule has 0 atom stereocenters. The molecule has 0 fully saturated rings. The molecule has 0 saturated carbocycles. The highest BCUT2D eigenvalue weighted by atomic mass is 79.9. The molecule has 0 aliphatic carbocycles. The van der Waals surface area contributed by atoms with Crippen LogP contribution < -0.4 is 0 Å². The van der Waals surface area contributed by atoms with Gasteiger partial charge < -0.3 is 0 Å². The van der Waals surface area contributed by atoms with Gasteiger partial charge in [-0.1, -0.05) is 21.9 Å². The molecular formula is C7H4Br2N2. The lowest BCUT2D eigenvalue weighted by molar-refractivity contribution is 1.11. The highest BCUT2D eigenvalue weighted by molar-refractivity contribution is 9.10. The van der Waals surface area contributed by atoms with Gasteiger partial charge in [-0.3, -0.25) is 0 Å². The second-order valence-corrected chi connectivity index (χ2v) is 3.14. The summed E-state index contributed by atoms with van der Waals surface area (Å²) in [5.74, 6) is 6.14. The Morgan fingerprint density at radius 2 is 2.00 bits per heavy atom. The summed E-state index contributed by atoms with van der Waals surface area (Å²) in [6, 6.07) is 0. The van der Waals surface area contributed by atoms with Gasteiger partial charge in [-0.15, -0.1) is 0 Å². The van der Waals surface area contributed by atoms with Crippen molar-refractivity contribution in [3.8, 4) is 11.8 Å². The van der Waals surface area contributed by atoms with Gasteiger partial charge in [0.2, 0.25) is 5.82 Å². The zero-order valence-corrected chi connectivity index (χ0v) is 8.68. The van der Waals surface area contributed by atoms with Gasteiger partial charge in [0.1, 0.15) is 0 Å². The second kappa shape index (κ2) is 4.47. The van der Waals surface area contributed by atoms with Crippen molar-refractivity contribution in [1.82, 2.24) is 9.97 Å². The summed E-state index contributed by atoms with van der Waals surface area (Å²) in [5, 5.41) is 0.645. The van der Waals surface area contributed by atoms with Crippen molar-refractivity contribution in [3.63, 3.8) is 0 Å². The average molecular weight is 276 g/mol. The highest BCUT2D eigenvalue weighted by Gasteiger charge is 1.88. The van der Waals surface area contributed by atoms with Crippen LogP contribution in [0.4, 0.5) is 0 Å². The van der Waals surface area contributed by atoms with Crippen LogP contribution in [-0.4, -0.2) is 15.3 Å². The van der Waals surface area contributed by atoms with Crippen molar-refractivity contribution in [1.29, 1.82) is 0 Å². The van der Waals surface area contributed by atoms with Crippen molar-refractivity contribution in [2.45, 2.75) is 0 Å². The van der Waals surface area contributed by atoms with Gasteiger partial charge in [0.25, 0.3) is 0 Å². The number of alkyl halides is 1. The fourth-order valence-corrected chi connectivity index (χ4v) is 0.834. The molecule has 0 amide bonds. The first-order valence-corrected chi connectivity index (χ1v) is 4.77. The van der Waals surface area contributed by atoms with Gasteiger partial charge in [0, 0.05) is 12.4 Å². The van der Waals surface area contributed by atoms with Crippen LogP contribution in [0.25, 0.3) is 0 Å². The second-order valence-electron chi connectivity index (χ2n) is 1.66. The number of nitrogens with zero attached hydrogens (tertiary/aromatic N) is 2. The van der Waals surface area contributed by atoms with Crippen molar-refractivity contribution in [3.05, 3.63) is 22.7 Å². The van der Waals surface area contributed by atoms with E-state index in [1.165, 1.54) is 0 Å². The zero-order valence-electron chi connectivity index (χ0n) is 5.51. The third kappa shape index (κ3) is 3.00. The third-order valence-electron chi connectivity index (χ3n) is 0.887. The summed E-state index contributed by atoms with van der Waals surface area (Å²) in [5.41, 5.74) is 0. The van der Waals surface area contributed by atoms with E-state index in [2.05, 4.69) is 53.7 Å². The highest BCUT2D eigenvalue weighted by Crippen LogP contribution is 2.03. The smallest absolute Gasteiger partial charge is 0.204 e. The molecule has 0 N–H and O–H groups in total. The van der Waals surface area contributed by atoms with E-state index in [-0.39, 0.29) is 0 Å². The van der Waals surface area contributed by atoms with E-state index in [1.54, 1.807) is 12.4 Å². The molecule has 1 heterocycles. The summed E-state index contributed by atoms with van der Waals surface area (Å²) in [6.45, 7) is 0. The first kappa shape index (κ1) is 8.69. The number of hydrogen-bond acceptors (Lipinski definition) is 2. The molecular weight excluding hydrogens is 272 g/mol. The average Bonchev–Trinajstić information content (AvgIpc) is 2.04. The molecule has 0 aromatic carbocycles. The summed E-state index contributed by atoms with van der Waals surface area (Å²) in [4.78, 5) is 7.93. The zero-order chi connectivity index (χ0) is 8.10. The lowest BCUT2D eigenvalue weighted by Gasteiger charge is -1.87. The number of aromatic nitrogens is 2. The Morgan fingerprint density at radius 1 is 1.36 bits per heavy atom. The Morgan fingerprint density at radius 3 is 2.55 bits per heavy atom. The maximum absolute atomic E-state index is 3.96. The minimum Gasteiger partial charge on any atom is -0.228 e. The fourth-order valence-electron chi connectivity index (χ4n) is 0.489. The van der Waals surface area contributed by atoms with Crippen LogP contribution in [0.5, 0.6) is 0 Å². The molecule has 4 heteroatoms. The molecule has 0 aliphatic heterocycles. The molecule has 1 aromatic heterocycles. The maximum atomic E-state index is 3.96. The quantitative estimate of drug-likeness (QED) is 0.535. The fraction of sp³-hybridized carbons (Fsp3) is 0.143. The number of halogens is 2. The van der Waals surface area contributed by atoms with E-state index in [4.69, 9.17) is 0 Å². The van der Waals surface area contributed by atoms with Gasteiger partial charge in [-0.2, -0.15) is 0 Å². The predicted molar refractivity (Wildman–Crippen MR) is 50.4 cm³/mol. The number of rotatable bonds is 0. The van der Waals surface area contributed by atoms with Gasteiger partial charge in [0.15, 0.2) is 0 Å². The Hall–Kier alpha value is -0.400. The molecule has 0 saturated heterocycles. The minimum absolute atomic E-state index is 0.549. The Bertz CT molecular complexity index is 284. The minimum atomic E-state index is 0.549. The molecule has 1 rings (SSSR count). The van der Waals surface area contributed by atoms with Crippen molar-refractivity contribution >= 4 is 31.9 Å². The molecule has 0 spiro atoms. The van der Waals surface area contributed by atoms with E-state index in [0.29, 0.717) is 11.2 Å². The van der Waals surface area contributed by atoms with E-state index in [9.17, 15) is 0 Å². The Kier molecular flexibility index (Phi) is 3.53. The first-order valence-electron chi connectivity index (χ1n) is 2.85. The van der Waals surface area contributed by atoms with E-state index < -0.39 is 0 Å².